The van der Waals surface area contributed by atoms with Crippen LogP contribution in [-0.2, 0) is 9.84 Å². The first-order valence-electron chi connectivity index (χ1n) is 5.65. The van der Waals surface area contributed by atoms with Gasteiger partial charge in [0.1, 0.15) is 0 Å². The molecule has 0 saturated heterocycles. The van der Waals surface area contributed by atoms with Crippen LogP contribution < -0.4 is 5.73 Å². The number of benzene rings is 1. The molecule has 0 heterocycles. The minimum Gasteiger partial charge on any atom is -0.366 e. The van der Waals surface area contributed by atoms with E-state index in [2.05, 4.69) is 0 Å². The summed E-state index contributed by atoms with van der Waals surface area (Å²) in [6.45, 7) is 0. The minimum absolute atomic E-state index is 0.262. The maximum Gasteiger partial charge on any atom is 0.248 e. The lowest BCUT2D eigenvalue weighted by Crippen LogP contribution is -2.18. The van der Waals surface area contributed by atoms with Gasteiger partial charge in [0, 0.05) is 5.56 Å². The molecule has 1 fully saturated rings. The van der Waals surface area contributed by atoms with Crippen molar-refractivity contribution in [3.63, 3.8) is 0 Å². The molecule has 0 radical (unpaired) electrons. The topological polar surface area (TPSA) is 77.2 Å². The average molecular weight is 253 g/mol. The minimum atomic E-state index is -3.23. The van der Waals surface area contributed by atoms with Gasteiger partial charge in [-0.25, -0.2) is 8.42 Å². The van der Waals surface area contributed by atoms with Crippen molar-refractivity contribution in [2.75, 3.05) is 0 Å². The Labute approximate surface area is 101 Å². The third-order valence-corrected chi connectivity index (χ3v) is 5.49. The monoisotopic (exact) mass is 253 g/mol. The summed E-state index contributed by atoms with van der Waals surface area (Å²) in [6.07, 6.45) is 3.42. The van der Waals surface area contributed by atoms with Gasteiger partial charge in [0.15, 0.2) is 9.84 Å². The van der Waals surface area contributed by atoms with E-state index in [0.717, 1.165) is 25.7 Å². The van der Waals surface area contributed by atoms with Crippen molar-refractivity contribution >= 4 is 15.7 Å². The van der Waals surface area contributed by atoms with Gasteiger partial charge in [0.2, 0.25) is 5.91 Å². The van der Waals surface area contributed by atoms with Crippen molar-refractivity contribution < 1.29 is 13.2 Å². The number of hydrogen-bond acceptors (Lipinski definition) is 3. The lowest BCUT2D eigenvalue weighted by Gasteiger charge is -2.11. The van der Waals surface area contributed by atoms with Gasteiger partial charge in [-0.2, -0.15) is 0 Å². The molecule has 1 saturated carbocycles. The number of rotatable bonds is 3. The second-order valence-corrected chi connectivity index (χ2v) is 6.57. The summed E-state index contributed by atoms with van der Waals surface area (Å²) in [5.74, 6) is -0.546. The second-order valence-electron chi connectivity index (χ2n) is 4.34. The third kappa shape index (κ3) is 2.34. The number of carbonyl (C=O) groups excluding carboxylic acids is 1. The fourth-order valence-corrected chi connectivity index (χ4v) is 4.05. The van der Waals surface area contributed by atoms with Crippen molar-refractivity contribution in [1.82, 2.24) is 0 Å². The molecular weight excluding hydrogens is 238 g/mol. The molecule has 0 aliphatic heterocycles. The van der Waals surface area contributed by atoms with Crippen molar-refractivity contribution in [3.05, 3.63) is 29.8 Å². The third-order valence-electron chi connectivity index (χ3n) is 3.21. The summed E-state index contributed by atoms with van der Waals surface area (Å²) in [6, 6.07) is 5.86. The van der Waals surface area contributed by atoms with Crippen molar-refractivity contribution in [3.8, 4) is 0 Å². The standard InChI is InChI=1S/C12H15NO3S/c13-12(14)9-5-7-11(8-6-9)17(15,16)10-3-1-2-4-10/h5-8,10H,1-4H2,(H2,13,14). The Morgan fingerprint density at radius 1 is 1.12 bits per heavy atom. The molecule has 0 spiro atoms. The summed E-state index contributed by atoms with van der Waals surface area (Å²) < 4.78 is 24.4. The molecule has 2 N–H and O–H groups in total. The molecule has 4 nitrogen and oxygen atoms in total. The van der Waals surface area contributed by atoms with Crippen LogP contribution in [0.5, 0.6) is 0 Å². The molecule has 1 aromatic carbocycles. The van der Waals surface area contributed by atoms with E-state index in [1.807, 2.05) is 0 Å². The van der Waals surface area contributed by atoms with Gasteiger partial charge in [-0.1, -0.05) is 12.8 Å². The van der Waals surface area contributed by atoms with E-state index in [1.165, 1.54) is 24.3 Å². The van der Waals surface area contributed by atoms with Crippen LogP contribution in [0.1, 0.15) is 36.0 Å². The highest BCUT2D eigenvalue weighted by Crippen LogP contribution is 2.29. The first kappa shape index (κ1) is 12.1. The van der Waals surface area contributed by atoms with Crippen LogP contribution in [0.25, 0.3) is 0 Å². The maximum atomic E-state index is 12.2. The molecule has 0 bridgehead atoms. The number of hydrogen-bond donors (Lipinski definition) is 1. The van der Waals surface area contributed by atoms with Crippen molar-refractivity contribution in [2.45, 2.75) is 35.8 Å². The molecule has 1 amide bonds. The zero-order chi connectivity index (χ0) is 12.5. The summed E-state index contributed by atoms with van der Waals surface area (Å²) in [7, 11) is -3.23. The van der Waals surface area contributed by atoms with Crippen molar-refractivity contribution in [1.29, 1.82) is 0 Å². The highest BCUT2D eigenvalue weighted by molar-refractivity contribution is 7.92. The summed E-state index contributed by atoms with van der Waals surface area (Å²) in [4.78, 5) is 11.2. The summed E-state index contributed by atoms with van der Waals surface area (Å²) >= 11 is 0. The Balaban J connectivity index is 2.30. The Bertz CT molecular complexity index is 513. The Morgan fingerprint density at radius 2 is 1.65 bits per heavy atom. The van der Waals surface area contributed by atoms with Crippen LogP contribution in [0, 0.1) is 0 Å². The molecule has 1 aromatic rings. The van der Waals surface area contributed by atoms with Crippen molar-refractivity contribution in [2.24, 2.45) is 5.73 Å². The first-order chi connectivity index (χ1) is 8.01. The fraction of sp³-hybridized carbons (Fsp3) is 0.417. The second kappa shape index (κ2) is 4.49. The molecular formula is C12H15NO3S. The molecule has 92 valence electrons. The van der Waals surface area contributed by atoms with E-state index in [9.17, 15) is 13.2 Å². The highest BCUT2D eigenvalue weighted by atomic mass is 32.2. The van der Waals surface area contributed by atoms with Gasteiger partial charge in [0.25, 0.3) is 0 Å². The van der Waals surface area contributed by atoms with E-state index >= 15 is 0 Å². The number of amides is 1. The largest absolute Gasteiger partial charge is 0.366 e. The Morgan fingerprint density at radius 3 is 2.12 bits per heavy atom. The Kier molecular flexibility index (Phi) is 3.19. The molecule has 17 heavy (non-hydrogen) atoms. The smallest absolute Gasteiger partial charge is 0.248 e. The highest BCUT2D eigenvalue weighted by Gasteiger charge is 2.30. The van der Waals surface area contributed by atoms with Gasteiger partial charge in [0.05, 0.1) is 10.1 Å². The SMILES string of the molecule is NC(=O)c1ccc(S(=O)(=O)C2CCCC2)cc1. The van der Waals surface area contributed by atoms with Gasteiger partial charge < -0.3 is 5.73 Å². The number of sulfone groups is 1. The molecule has 1 aliphatic rings. The van der Waals surface area contributed by atoms with Gasteiger partial charge >= 0.3 is 0 Å². The van der Waals surface area contributed by atoms with Crippen LogP contribution in [0.15, 0.2) is 29.2 Å². The van der Waals surface area contributed by atoms with Gasteiger partial charge in [-0.3, -0.25) is 4.79 Å². The molecule has 0 atom stereocenters. The zero-order valence-corrected chi connectivity index (χ0v) is 10.2. The first-order valence-corrected chi connectivity index (χ1v) is 7.20. The fourth-order valence-electron chi connectivity index (χ4n) is 2.20. The Hall–Kier alpha value is -1.36. The quantitative estimate of drug-likeness (QED) is 0.886. The van der Waals surface area contributed by atoms with E-state index < -0.39 is 15.7 Å². The summed E-state index contributed by atoms with van der Waals surface area (Å²) in [5, 5.41) is -0.262. The number of primary amides is 1. The van der Waals surface area contributed by atoms with E-state index in [1.54, 1.807) is 0 Å². The van der Waals surface area contributed by atoms with Gasteiger partial charge in [-0.05, 0) is 37.1 Å². The molecule has 0 aromatic heterocycles. The number of carbonyl (C=O) groups is 1. The molecule has 5 heteroatoms. The van der Waals surface area contributed by atoms with Crippen LogP contribution in [-0.4, -0.2) is 19.6 Å². The number of nitrogens with two attached hydrogens (primary N) is 1. The van der Waals surface area contributed by atoms with E-state index in [4.69, 9.17) is 5.73 Å². The molecule has 1 aliphatic carbocycles. The van der Waals surface area contributed by atoms with Crippen LogP contribution in [0.3, 0.4) is 0 Å². The van der Waals surface area contributed by atoms with Gasteiger partial charge in [-0.15, -0.1) is 0 Å². The molecule has 2 rings (SSSR count). The van der Waals surface area contributed by atoms with Crippen LogP contribution >= 0.6 is 0 Å². The maximum absolute atomic E-state index is 12.2. The summed E-state index contributed by atoms with van der Waals surface area (Å²) in [5.41, 5.74) is 5.44. The predicted octanol–water partition coefficient (Wildman–Crippen LogP) is 1.50. The predicted molar refractivity (Wildman–Crippen MR) is 64.4 cm³/mol. The molecule has 0 unspecified atom stereocenters. The normalized spacial score (nSPS) is 17.2. The zero-order valence-electron chi connectivity index (χ0n) is 9.43. The van der Waals surface area contributed by atoms with E-state index in [0.29, 0.717) is 5.56 Å². The van der Waals surface area contributed by atoms with Crippen LogP contribution in [0.4, 0.5) is 0 Å². The van der Waals surface area contributed by atoms with Crippen LogP contribution in [0.2, 0.25) is 0 Å². The lowest BCUT2D eigenvalue weighted by molar-refractivity contribution is 0.1000. The lowest BCUT2D eigenvalue weighted by atomic mass is 10.2. The van der Waals surface area contributed by atoms with E-state index in [-0.39, 0.29) is 10.1 Å². The average Bonchev–Trinajstić information content (AvgIpc) is 2.83.